The fourth-order valence-electron chi connectivity index (χ4n) is 1.25. The Labute approximate surface area is 100 Å². The maximum Gasteiger partial charge on any atom is 0.360 e. The Bertz CT molecular complexity index is 388. The van der Waals surface area contributed by atoms with Crippen molar-refractivity contribution in [1.82, 2.24) is 4.98 Å². The molecule has 17 heavy (non-hydrogen) atoms. The van der Waals surface area contributed by atoms with Crippen molar-refractivity contribution < 1.29 is 13.9 Å². The van der Waals surface area contributed by atoms with Gasteiger partial charge < -0.3 is 14.1 Å². The number of rotatable bonds is 7. The Morgan fingerprint density at radius 3 is 2.71 bits per heavy atom. The molecular weight excluding hydrogens is 220 g/mol. The number of carbonyl (C=O) groups is 1. The van der Waals surface area contributed by atoms with Gasteiger partial charge in [-0.2, -0.15) is 4.98 Å². The first-order valence-electron chi connectivity index (χ1n) is 5.32. The van der Waals surface area contributed by atoms with Crippen LogP contribution in [0.3, 0.4) is 0 Å². The molecule has 5 nitrogen and oxygen atoms in total. The highest BCUT2D eigenvalue weighted by Gasteiger charge is 2.16. The molecule has 0 saturated heterocycles. The van der Waals surface area contributed by atoms with E-state index in [1.807, 2.05) is 0 Å². The SMILES string of the molecule is C=CCN(CC=C)c1nc(C(=O)OCC)co1. The number of hydrogen-bond acceptors (Lipinski definition) is 5. The van der Waals surface area contributed by atoms with E-state index in [0.717, 1.165) is 0 Å². The van der Waals surface area contributed by atoms with Crippen LogP contribution in [0.5, 0.6) is 0 Å². The zero-order chi connectivity index (χ0) is 12.7. The minimum absolute atomic E-state index is 0.167. The Morgan fingerprint density at radius 2 is 2.18 bits per heavy atom. The Hall–Kier alpha value is -2.04. The maximum atomic E-state index is 11.4. The number of esters is 1. The molecular formula is C12H16N2O3. The molecule has 5 heteroatoms. The summed E-state index contributed by atoms with van der Waals surface area (Å²) >= 11 is 0. The van der Waals surface area contributed by atoms with Crippen LogP contribution in [0.2, 0.25) is 0 Å². The lowest BCUT2D eigenvalue weighted by Gasteiger charge is -2.15. The van der Waals surface area contributed by atoms with Crippen molar-refractivity contribution >= 4 is 12.0 Å². The van der Waals surface area contributed by atoms with Crippen LogP contribution in [0.1, 0.15) is 17.4 Å². The van der Waals surface area contributed by atoms with Crippen LogP contribution in [-0.2, 0) is 4.74 Å². The summed E-state index contributed by atoms with van der Waals surface area (Å²) in [6.45, 7) is 10.5. The summed E-state index contributed by atoms with van der Waals surface area (Å²) in [7, 11) is 0. The highest BCUT2D eigenvalue weighted by Crippen LogP contribution is 2.14. The van der Waals surface area contributed by atoms with Crippen LogP contribution in [0.15, 0.2) is 36.0 Å². The molecule has 0 amide bonds. The van der Waals surface area contributed by atoms with E-state index in [9.17, 15) is 4.79 Å². The number of aromatic nitrogens is 1. The predicted octanol–water partition coefficient (Wildman–Crippen LogP) is 2.03. The quantitative estimate of drug-likeness (QED) is 0.535. The maximum absolute atomic E-state index is 11.4. The van der Waals surface area contributed by atoms with E-state index < -0.39 is 5.97 Å². The second kappa shape index (κ2) is 6.52. The third-order valence-electron chi connectivity index (χ3n) is 1.95. The lowest BCUT2D eigenvalue weighted by atomic mass is 10.5. The number of nitrogens with zero attached hydrogens (tertiary/aromatic N) is 2. The summed E-state index contributed by atoms with van der Waals surface area (Å²) in [4.78, 5) is 17.2. The van der Waals surface area contributed by atoms with E-state index >= 15 is 0 Å². The van der Waals surface area contributed by atoms with Gasteiger partial charge in [0.05, 0.1) is 6.61 Å². The molecule has 0 fully saturated rings. The van der Waals surface area contributed by atoms with Crippen LogP contribution < -0.4 is 4.90 Å². The minimum atomic E-state index is -0.486. The molecule has 0 unspecified atom stereocenters. The van der Waals surface area contributed by atoms with Crippen LogP contribution in [0.25, 0.3) is 0 Å². The van der Waals surface area contributed by atoms with Crippen molar-refractivity contribution in [3.63, 3.8) is 0 Å². The molecule has 92 valence electrons. The average Bonchev–Trinajstić information content (AvgIpc) is 2.78. The summed E-state index contributed by atoms with van der Waals surface area (Å²) in [6.07, 6.45) is 4.72. The number of carbonyl (C=O) groups excluding carboxylic acids is 1. The van der Waals surface area contributed by atoms with Gasteiger partial charge in [0.2, 0.25) is 0 Å². The van der Waals surface area contributed by atoms with Crippen molar-refractivity contribution in [2.45, 2.75) is 6.92 Å². The van der Waals surface area contributed by atoms with Gasteiger partial charge in [0.1, 0.15) is 6.26 Å². The molecule has 0 spiro atoms. The van der Waals surface area contributed by atoms with E-state index in [0.29, 0.717) is 25.7 Å². The van der Waals surface area contributed by atoms with Crippen molar-refractivity contribution in [3.8, 4) is 0 Å². The molecule has 0 aliphatic heterocycles. The van der Waals surface area contributed by atoms with Crippen molar-refractivity contribution in [1.29, 1.82) is 0 Å². The van der Waals surface area contributed by atoms with Gasteiger partial charge in [-0.25, -0.2) is 4.79 Å². The Balaban J connectivity index is 2.79. The first-order chi connectivity index (χ1) is 8.22. The molecule has 1 aromatic rings. The summed E-state index contributed by atoms with van der Waals surface area (Å²) in [5, 5.41) is 0. The fourth-order valence-corrected chi connectivity index (χ4v) is 1.25. The average molecular weight is 236 g/mol. The number of ether oxygens (including phenoxy) is 1. The van der Waals surface area contributed by atoms with Crippen LogP contribution >= 0.6 is 0 Å². The highest BCUT2D eigenvalue weighted by atomic mass is 16.5. The highest BCUT2D eigenvalue weighted by molar-refractivity contribution is 5.87. The number of anilines is 1. The number of hydrogen-bond donors (Lipinski definition) is 0. The lowest BCUT2D eigenvalue weighted by molar-refractivity contribution is 0.0519. The largest absolute Gasteiger partial charge is 0.461 e. The molecule has 1 aromatic heterocycles. The summed E-state index contributed by atoms with van der Waals surface area (Å²) in [5.41, 5.74) is 0.167. The first-order valence-corrected chi connectivity index (χ1v) is 5.32. The summed E-state index contributed by atoms with van der Waals surface area (Å²) < 4.78 is 10.0. The third kappa shape index (κ3) is 3.48. The molecule has 0 aliphatic carbocycles. The minimum Gasteiger partial charge on any atom is -0.461 e. The molecule has 0 N–H and O–H groups in total. The molecule has 0 aromatic carbocycles. The van der Waals surface area contributed by atoms with Gasteiger partial charge >= 0.3 is 5.97 Å². The van der Waals surface area contributed by atoms with E-state index in [4.69, 9.17) is 9.15 Å². The molecule has 1 heterocycles. The summed E-state index contributed by atoms with van der Waals surface area (Å²) in [5.74, 6) is -0.486. The predicted molar refractivity (Wildman–Crippen MR) is 65.1 cm³/mol. The fraction of sp³-hybridized carbons (Fsp3) is 0.333. The second-order valence-corrected chi connectivity index (χ2v) is 3.22. The molecule has 0 bridgehead atoms. The van der Waals surface area contributed by atoms with E-state index in [1.165, 1.54) is 6.26 Å². The topological polar surface area (TPSA) is 55.6 Å². The van der Waals surface area contributed by atoms with E-state index in [-0.39, 0.29) is 5.69 Å². The van der Waals surface area contributed by atoms with E-state index in [1.54, 1.807) is 24.0 Å². The molecule has 1 rings (SSSR count). The third-order valence-corrected chi connectivity index (χ3v) is 1.95. The number of oxazole rings is 1. The smallest absolute Gasteiger partial charge is 0.360 e. The van der Waals surface area contributed by atoms with Gasteiger partial charge in [-0.15, -0.1) is 13.2 Å². The van der Waals surface area contributed by atoms with Crippen LogP contribution in [-0.4, -0.2) is 30.6 Å². The molecule has 0 atom stereocenters. The standard InChI is InChI=1S/C12H16N2O3/c1-4-7-14(8-5-2)12-13-10(9-17-12)11(15)16-6-3/h4-5,9H,1-2,6-8H2,3H3. The van der Waals surface area contributed by atoms with Crippen LogP contribution in [0.4, 0.5) is 6.01 Å². The monoisotopic (exact) mass is 236 g/mol. The first kappa shape index (κ1) is 13.0. The Kier molecular flexibility index (Phi) is 5.00. The summed E-state index contributed by atoms with van der Waals surface area (Å²) in [6, 6.07) is 0.354. The van der Waals surface area contributed by atoms with E-state index in [2.05, 4.69) is 18.1 Å². The molecule has 0 saturated carbocycles. The zero-order valence-corrected chi connectivity index (χ0v) is 9.89. The normalized spacial score (nSPS) is 9.71. The van der Waals surface area contributed by atoms with Crippen molar-refractivity contribution in [2.24, 2.45) is 0 Å². The second-order valence-electron chi connectivity index (χ2n) is 3.22. The molecule has 0 aliphatic rings. The van der Waals surface area contributed by atoms with Crippen molar-refractivity contribution in [3.05, 3.63) is 37.3 Å². The van der Waals surface area contributed by atoms with Gasteiger partial charge in [-0.05, 0) is 6.92 Å². The van der Waals surface area contributed by atoms with Crippen LogP contribution in [0, 0.1) is 0 Å². The van der Waals surface area contributed by atoms with Gasteiger partial charge in [-0.3, -0.25) is 0 Å². The molecule has 0 radical (unpaired) electrons. The zero-order valence-electron chi connectivity index (χ0n) is 9.89. The van der Waals surface area contributed by atoms with Gasteiger partial charge in [0.25, 0.3) is 6.01 Å². The lowest BCUT2D eigenvalue weighted by Crippen LogP contribution is -2.23. The van der Waals surface area contributed by atoms with Crippen molar-refractivity contribution in [2.75, 3.05) is 24.6 Å². The Morgan fingerprint density at radius 1 is 1.53 bits per heavy atom. The van der Waals surface area contributed by atoms with Gasteiger partial charge in [0.15, 0.2) is 5.69 Å². The van der Waals surface area contributed by atoms with Gasteiger partial charge in [0, 0.05) is 13.1 Å². The van der Waals surface area contributed by atoms with Gasteiger partial charge in [-0.1, -0.05) is 12.2 Å².